The largest absolute Gasteiger partial charge is 0.459 e. The molecule has 1 amide bonds. The number of aliphatic hydroxyl groups is 5. The van der Waals surface area contributed by atoms with E-state index in [1.807, 2.05) is 58.0 Å². The minimum Gasteiger partial charge on any atom is -0.459 e. The predicted octanol–water partition coefficient (Wildman–Crippen LogP) is 4.39. The van der Waals surface area contributed by atoms with Gasteiger partial charge < -0.3 is 54.5 Å². The molecule has 0 radical (unpaired) electrons. The molecule has 0 saturated carbocycles. The average Bonchev–Trinajstić information content (AvgIpc) is 3.22. The molecule has 3 aliphatic heterocycles. The van der Waals surface area contributed by atoms with Crippen molar-refractivity contribution < 1.29 is 63.6 Å². The van der Waals surface area contributed by atoms with Crippen molar-refractivity contribution in [2.75, 3.05) is 6.54 Å². The molecule has 354 valence electrons. The Morgan fingerprint density at radius 1 is 0.905 bits per heavy atom. The molecule has 17 atom stereocenters. The maximum Gasteiger partial charge on any atom is 0.311 e. The van der Waals surface area contributed by atoms with E-state index in [9.17, 15) is 39.9 Å². The Kier molecular flexibility index (Phi) is 16.6. The first-order chi connectivity index (χ1) is 29.3. The van der Waals surface area contributed by atoms with Gasteiger partial charge in [0, 0.05) is 55.1 Å². The molecule has 4 heterocycles. The maximum absolute atomic E-state index is 14.6. The lowest BCUT2D eigenvalue weighted by Gasteiger charge is -2.48. The van der Waals surface area contributed by atoms with Crippen molar-refractivity contribution in [1.82, 2.24) is 10.3 Å². The summed E-state index contributed by atoms with van der Waals surface area (Å²) in [7, 11) is 0. The number of ketones is 1. The highest BCUT2D eigenvalue weighted by atomic mass is 16.7. The number of aromatic nitrogens is 1. The van der Waals surface area contributed by atoms with Crippen molar-refractivity contribution in [2.24, 2.45) is 35.0 Å². The summed E-state index contributed by atoms with van der Waals surface area (Å²) >= 11 is 0. The van der Waals surface area contributed by atoms with E-state index in [2.05, 4.69) is 10.3 Å². The summed E-state index contributed by atoms with van der Waals surface area (Å²) in [5, 5.41) is 62.4. The number of esters is 1. The van der Waals surface area contributed by atoms with Crippen molar-refractivity contribution in [3.05, 3.63) is 42.1 Å². The summed E-state index contributed by atoms with van der Waals surface area (Å²) < 4.78 is 31.7. The van der Waals surface area contributed by atoms with Crippen LogP contribution in [0.4, 0.5) is 0 Å². The van der Waals surface area contributed by atoms with Crippen LogP contribution in [0.3, 0.4) is 0 Å². The SMILES string of the molecule is CC1CC(C)C(O)C(O[C@@H]2[C@@H](C)[C@H](OC3CC(C)(C)C(O)C(C)O3)[C@@H](C)C(=O)O[C@H](CCNC(=O)CCc3cnc4ccccc4c3)[C@@](C)(O)[C@H](O)[C@@H](C)C(=O)[C@H](C)C[C@@]2(C)O)O1. The topological polar surface area (TPSA) is 223 Å². The molecule has 63 heavy (non-hydrogen) atoms. The summed E-state index contributed by atoms with van der Waals surface area (Å²) in [5.41, 5.74) is -2.91. The first kappa shape index (κ1) is 50.9. The second-order valence-electron chi connectivity index (χ2n) is 20.2. The van der Waals surface area contributed by atoms with E-state index in [-0.39, 0.29) is 50.2 Å². The summed E-state index contributed by atoms with van der Waals surface area (Å²) in [6.07, 6.45) is -7.52. The molecule has 6 N–H and O–H groups in total. The number of Topliss-reactive ketones (excluding diaryl/α,β-unsaturated/α-hetero) is 1. The summed E-state index contributed by atoms with van der Waals surface area (Å²) in [6, 6.07) is 9.68. The minimum absolute atomic E-state index is 0.0381. The number of nitrogens with one attached hydrogen (secondary N) is 1. The van der Waals surface area contributed by atoms with Gasteiger partial charge in [0.2, 0.25) is 5.91 Å². The molecule has 3 aliphatic rings. The van der Waals surface area contributed by atoms with Gasteiger partial charge in [-0.2, -0.15) is 0 Å². The summed E-state index contributed by atoms with van der Waals surface area (Å²) in [4.78, 5) is 46.3. The third kappa shape index (κ3) is 12.0. The first-order valence-corrected chi connectivity index (χ1v) is 22.8. The molecular weight excluding hydrogens is 813 g/mol. The number of pyridine rings is 1. The lowest BCUT2D eigenvalue weighted by atomic mass is 9.74. The van der Waals surface area contributed by atoms with E-state index in [4.69, 9.17) is 23.7 Å². The number of aryl methyl sites for hydroxylation is 1. The highest BCUT2D eigenvalue weighted by Gasteiger charge is 2.53. The smallest absolute Gasteiger partial charge is 0.311 e. The summed E-state index contributed by atoms with van der Waals surface area (Å²) in [5.74, 6) is -5.85. The second kappa shape index (κ2) is 20.6. The van der Waals surface area contributed by atoms with E-state index in [0.29, 0.717) is 12.8 Å². The zero-order valence-corrected chi connectivity index (χ0v) is 39.0. The van der Waals surface area contributed by atoms with E-state index in [1.54, 1.807) is 33.9 Å². The Hall–Kier alpha value is -3.12. The van der Waals surface area contributed by atoms with Crippen molar-refractivity contribution in [3.63, 3.8) is 0 Å². The molecule has 7 unspecified atom stereocenters. The number of cyclic esters (lactones) is 1. The van der Waals surface area contributed by atoms with Crippen LogP contribution in [-0.2, 0) is 44.5 Å². The number of fused-ring (bicyclic) bond motifs is 1. The number of aliphatic hydroxyl groups excluding tert-OH is 3. The number of ether oxygens (including phenoxy) is 5. The van der Waals surface area contributed by atoms with Crippen LogP contribution in [0.1, 0.15) is 114 Å². The van der Waals surface area contributed by atoms with Crippen LogP contribution in [0.5, 0.6) is 0 Å². The third-order valence-electron chi connectivity index (χ3n) is 14.0. The standard InChI is InChI=1S/C48H74N2O13/c1-25-20-27(3)59-45(39(25)53)63-43-29(5)40(62-37-23-46(8,9)42(55)31(7)60-37)30(6)44(56)61-35(48(11,58)41(54)28(4)38(52)26(2)22-47(43,10)57)18-19-49-36(51)17-16-32-21-33-14-12-13-15-34(33)50-24-32/h12-15,21,24-31,35,37,39-43,45,53-55,57-58H,16-20,22-23H2,1-11H3,(H,49,51)/t25?,26-,27?,28+,29+,30-,31?,35-,37?,39?,40+,41-,42?,43-,45?,47-,48-/m1/s1. The first-order valence-electron chi connectivity index (χ1n) is 22.8. The Morgan fingerprint density at radius 3 is 2.27 bits per heavy atom. The van der Waals surface area contributed by atoms with Gasteiger partial charge in [0.05, 0.1) is 53.7 Å². The van der Waals surface area contributed by atoms with Gasteiger partial charge in [0.25, 0.3) is 0 Å². The number of carbonyl (C=O) groups is 3. The Balaban J connectivity index is 1.46. The fraction of sp³-hybridized carbons (Fsp3) is 0.750. The number of hydrogen-bond donors (Lipinski definition) is 6. The van der Waals surface area contributed by atoms with Gasteiger partial charge in [-0.15, -0.1) is 0 Å². The molecule has 1 aromatic heterocycles. The van der Waals surface area contributed by atoms with Gasteiger partial charge >= 0.3 is 5.97 Å². The second-order valence-corrected chi connectivity index (χ2v) is 20.2. The lowest BCUT2D eigenvalue weighted by Crippen LogP contribution is -2.59. The number of rotatable bonds is 10. The van der Waals surface area contributed by atoms with Crippen LogP contribution >= 0.6 is 0 Å². The minimum atomic E-state index is -2.18. The average molecular weight is 887 g/mol. The monoisotopic (exact) mass is 887 g/mol. The van der Waals surface area contributed by atoms with Crippen LogP contribution < -0.4 is 5.32 Å². The normalized spacial score (nSPS) is 40.8. The number of nitrogens with zero attached hydrogens (tertiary/aromatic N) is 1. The maximum atomic E-state index is 14.6. The number of hydrogen-bond acceptors (Lipinski definition) is 14. The zero-order chi connectivity index (χ0) is 46.8. The van der Waals surface area contributed by atoms with Crippen LogP contribution in [0.2, 0.25) is 0 Å². The third-order valence-corrected chi connectivity index (χ3v) is 14.0. The Labute approximate surface area is 372 Å². The predicted molar refractivity (Wildman–Crippen MR) is 234 cm³/mol. The van der Waals surface area contributed by atoms with Crippen molar-refractivity contribution in [2.45, 2.75) is 187 Å². The molecule has 5 rings (SSSR count). The van der Waals surface area contributed by atoms with Crippen molar-refractivity contribution in [3.8, 4) is 0 Å². The molecule has 0 aliphatic carbocycles. The molecular formula is C48H74N2O13. The molecule has 15 nitrogen and oxygen atoms in total. The van der Waals surface area contributed by atoms with Crippen LogP contribution in [0.25, 0.3) is 10.9 Å². The van der Waals surface area contributed by atoms with Gasteiger partial charge in [0.15, 0.2) is 12.6 Å². The molecule has 15 heteroatoms. The van der Waals surface area contributed by atoms with Crippen LogP contribution in [0, 0.1) is 35.0 Å². The molecule has 3 fully saturated rings. The molecule has 0 spiro atoms. The zero-order valence-electron chi connectivity index (χ0n) is 39.0. The highest BCUT2D eigenvalue weighted by Crippen LogP contribution is 2.42. The van der Waals surface area contributed by atoms with Gasteiger partial charge in [0.1, 0.15) is 23.6 Å². The van der Waals surface area contributed by atoms with Gasteiger partial charge in [-0.3, -0.25) is 19.4 Å². The number of para-hydroxylation sites is 1. The highest BCUT2D eigenvalue weighted by molar-refractivity contribution is 5.83. The van der Waals surface area contributed by atoms with E-state index >= 15 is 0 Å². The molecule has 3 saturated heterocycles. The van der Waals surface area contributed by atoms with Crippen LogP contribution in [-0.4, -0.2) is 127 Å². The fourth-order valence-electron chi connectivity index (χ4n) is 9.99. The van der Waals surface area contributed by atoms with Gasteiger partial charge in [-0.25, -0.2) is 0 Å². The molecule has 0 bridgehead atoms. The van der Waals surface area contributed by atoms with Crippen LogP contribution in [0.15, 0.2) is 36.5 Å². The van der Waals surface area contributed by atoms with Crippen molar-refractivity contribution >= 4 is 28.6 Å². The van der Waals surface area contributed by atoms with E-state index in [0.717, 1.165) is 16.5 Å². The lowest BCUT2D eigenvalue weighted by molar-refractivity contribution is -0.312. The Morgan fingerprint density at radius 2 is 1.59 bits per heavy atom. The van der Waals surface area contributed by atoms with Gasteiger partial charge in [-0.05, 0) is 82.9 Å². The number of carbonyl (C=O) groups excluding carboxylic acids is 3. The number of benzene rings is 1. The van der Waals surface area contributed by atoms with Gasteiger partial charge in [-0.1, -0.05) is 59.7 Å². The molecule has 2 aromatic rings. The molecule has 1 aromatic carbocycles. The summed E-state index contributed by atoms with van der Waals surface area (Å²) in [6.45, 7) is 18.5. The fourth-order valence-corrected chi connectivity index (χ4v) is 9.99. The van der Waals surface area contributed by atoms with E-state index < -0.39 is 107 Å². The van der Waals surface area contributed by atoms with Crippen molar-refractivity contribution in [1.29, 1.82) is 0 Å². The van der Waals surface area contributed by atoms with E-state index in [1.165, 1.54) is 20.8 Å². The quantitative estimate of drug-likeness (QED) is 0.182. The number of amides is 1. The Bertz CT molecular complexity index is 1870.